The van der Waals surface area contributed by atoms with Crippen LogP contribution in [-0.2, 0) is 9.59 Å². The summed E-state index contributed by atoms with van der Waals surface area (Å²) in [6.07, 6.45) is 6.07. The highest BCUT2D eigenvalue weighted by molar-refractivity contribution is 8.00. The fourth-order valence-corrected chi connectivity index (χ4v) is 1.94. The number of carbonyl (C=O) groups excluding carboxylic acids is 1. The van der Waals surface area contributed by atoms with E-state index in [1.54, 1.807) is 6.08 Å². The summed E-state index contributed by atoms with van der Waals surface area (Å²) in [7, 11) is 0. The lowest BCUT2D eigenvalue weighted by Crippen LogP contribution is -2.31. The Hall–Kier alpha value is -1.23. The molecule has 5 heteroatoms. The van der Waals surface area contributed by atoms with Crippen LogP contribution in [0.5, 0.6) is 0 Å². The summed E-state index contributed by atoms with van der Waals surface area (Å²) in [6, 6.07) is 0. The quantitative estimate of drug-likeness (QED) is 0.387. The van der Waals surface area contributed by atoms with Crippen molar-refractivity contribution in [2.24, 2.45) is 0 Å². The maximum Gasteiger partial charge on any atom is 0.313 e. The third kappa shape index (κ3) is 8.11. The van der Waals surface area contributed by atoms with E-state index >= 15 is 0 Å². The van der Waals surface area contributed by atoms with Crippen LogP contribution in [-0.4, -0.2) is 28.1 Å². The molecule has 0 aromatic heterocycles. The minimum absolute atomic E-state index is 0.00385. The lowest BCUT2D eigenvalue weighted by atomic mass is 10.3. The Morgan fingerprint density at radius 2 is 2.25 bits per heavy atom. The lowest BCUT2D eigenvalue weighted by molar-refractivity contribution is -0.134. The topological polar surface area (TPSA) is 66.4 Å². The predicted molar refractivity (Wildman–Crippen MR) is 66.3 cm³/mol. The van der Waals surface area contributed by atoms with E-state index in [1.807, 2.05) is 6.92 Å². The third-order valence-electron chi connectivity index (χ3n) is 1.65. The minimum Gasteiger partial charge on any atom is -0.481 e. The Morgan fingerprint density at radius 3 is 2.75 bits per heavy atom. The summed E-state index contributed by atoms with van der Waals surface area (Å²) in [6.45, 7) is 5.44. The van der Waals surface area contributed by atoms with Gasteiger partial charge in [-0.2, -0.15) is 0 Å². The number of carboxylic acids is 1. The van der Waals surface area contributed by atoms with Crippen molar-refractivity contribution in [2.75, 3.05) is 5.75 Å². The van der Waals surface area contributed by atoms with Crippen molar-refractivity contribution in [1.29, 1.82) is 0 Å². The Labute approximate surface area is 99.8 Å². The van der Waals surface area contributed by atoms with Crippen LogP contribution in [0.15, 0.2) is 24.8 Å². The van der Waals surface area contributed by atoms with Gasteiger partial charge in [-0.15, -0.1) is 11.8 Å². The van der Waals surface area contributed by atoms with Crippen molar-refractivity contribution in [3.8, 4) is 0 Å². The maximum absolute atomic E-state index is 11.3. The van der Waals surface area contributed by atoms with Crippen molar-refractivity contribution in [3.05, 3.63) is 24.8 Å². The van der Waals surface area contributed by atoms with Crippen LogP contribution in [0.2, 0.25) is 0 Å². The van der Waals surface area contributed by atoms with Gasteiger partial charge in [0.2, 0.25) is 5.91 Å². The summed E-state index contributed by atoms with van der Waals surface area (Å²) in [4.78, 5) is 21.7. The Balaban J connectivity index is 4.10. The molecule has 0 aliphatic heterocycles. The highest BCUT2D eigenvalue weighted by Crippen LogP contribution is 2.13. The zero-order valence-corrected chi connectivity index (χ0v) is 10.1. The van der Waals surface area contributed by atoms with E-state index in [9.17, 15) is 9.59 Å². The van der Waals surface area contributed by atoms with Gasteiger partial charge in [0.05, 0.1) is 11.1 Å². The normalized spacial score (nSPS) is 12.3. The molecular formula is C11H17NO3S. The fourth-order valence-electron chi connectivity index (χ4n) is 0.993. The number of aliphatic carboxylic acids is 1. The Bertz CT molecular complexity index is 276. The largest absolute Gasteiger partial charge is 0.481 e. The van der Waals surface area contributed by atoms with Gasteiger partial charge in [0.25, 0.3) is 0 Å². The molecule has 0 fully saturated rings. The molecule has 0 rings (SSSR count). The van der Waals surface area contributed by atoms with Crippen molar-refractivity contribution in [2.45, 2.75) is 25.1 Å². The number of hydrogen-bond donors (Lipinski definition) is 2. The second-order valence-corrected chi connectivity index (χ2v) is 4.28. The van der Waals surface area contributed by atoms with Gasteiger partial charge >= 0.3 is 5.97 Å². The molecule has 16 heavy (non-hydrogen) atoms. The standard InChI is InChI=1S/C11H17NO3S/c1-3-5-7-9(13)12-10(6-4-2)16-8-11(14)15/h3,5,7,10H,1,4,6,8H2,2H3,(H,12,13)(H,14,15). The van der Waals surface area contributed by atoms with Crippen LogP contribution in [0.1, 0.15) is 19.8 Å². The van der Waals surface area contributed by atoms with Crippen LogP contribution in [0.4, 0.5) is 0 Å². The number of rotatable bonds is 8. The number of hydrogen-bond acceptors (Lipinski definition) is 3. The summed E-state index contributed by atoms with van der Waals surface area (Å²) in [5.74, 6) is -1.10. The van der Waals surface area contributed by atoms with E-state index < -0.39 is 5.97 Å². The number of carboxylic acid groups (broad SMARTS) is 1. The summed E-state index contributed by atoms with van der Waals surface area (Å²) in [5.41, 5.74) is 0. The van der Waals surface area contributed by atoms with Crippen LogP contribution in [0, 0.1) is 0 Å². The second kappa shape index (κ2) is 9.03. The van der Waals surface area contributed by atoms with Crippen molar-refractivity contribution >= 4 is 23.6 Å². The number of thioether (sulfide) groups is 1. The monoisotopic (exact) mass is 243 g/mol. The van der Waals surface area contributed by atoms with Gasteiger partial charge < -0.3 is 10.4 Å². The van der Waals surface area contributed by atoms with Gasteiger partial charge in [-0.25, -0.2) is 0 Å². The van der Waals surface area contributed by atoms with E-state index in [0.717, 1.165) is 12.8 Å². The molecular weight excluding hydrogens is 226 g/mol. The molecule has 0 aromatic rings. The minimum atomic E-state index is -0.873. The lowest BCUT2D eigenvalue weighted by Gasteiger charge is -2.15. The molecule has 2 N–H and O–H groups in total. The van der Waals surface area contributed by atoms with E-state index in [1.165, 1.54) is 23.9 Å². The molecule has 0 aliphatic carbocycles. The molecule has 0 spiro atoms. The molecule has 1 amide bonds. The Morgan fingerprint density at radius 1 is 1.56 bits per heavy atom. The van der Waals surface area contributed by atoms with E-state index in [2.05, 4.69) is 11.9 Å². The molecule has 1 unspecified atom stereocenters. The average Bonchev–Trinajstić information content (AvgIpc) is 2.23. The molecule has 90 valence electrons. The van der Waals surface area contributed by atoms with Gasteiger partial charge in [0.1, 0.15) is 0 Å². The number of amides is 1. The highest BCUT2D eigenvalue weighted by atomic mass is 32.2. The maximum atomic E-state index is 11.3. The number of allylic oxidation sites excluding steroid dienone is 2. The predicted octanol–water partition coefficient (Wildman–Crippen LogP) is 1.79. The molecule has 0 radical (unpaired) electrons. The Kier molecular flexibility index (Phi) is 8.34. The molecule has 0 saturated carbocycles. The van der Waals surface area contributed by atoms with E-state index in [4.69, 9.17) is 5.11 Å². The molecule has 0 aromatic carbocycles. The van der Waals surface area contributed by atoms with Crippen LogP contribution in [0.3, 0.4) is 0 Å². The first-order valence-corrected chi connectivity index (χ1v) is 6.08. The first-order valence-electron chi connectivity index (χ1n) is 5.03. The van der Waals surface area contributed by atoms with Crippen LogP contribution >= 0.6 is 11.8 Å². The molecule has 0 heterocycles. The zero-order valence-electron chi connectivity index (χ0n) is 9.31. The summed E-state index contributed by atoms with van der Waals surface area (Å²) < 4.78 is 0. The van der Waals surface area contributed by atoms with Gasteiger partial charge in [-0.3, -0.25) is 9.59 Å². The van der Waals surface area contributed by atoms with Crippen molar-refractivity contribution in [1.82, 2.24) is 5.32 Å². The third-order valence-corrected chi connectivity index (χ3v) is 2.82. The summed E-state index contributed by atoms with van der Waals surface area (Å²) in [5, 5.41) is 11.1. The van der Waals surface area contributed by atoms with Gasteiger partial charge in [0.15, 0.2) is 0 Å². The zero-order chi connectivity index (χ0) is 12.4. The average molecular weight is 243 g/mol. The molecule has 0 saturated heterocycles. The first-order chi connectivity index (χ1) is 7.60. The number of carbonyl (C=O) groups is 2. The molecule has 4 nitrogen and oxygen atoms in total. The smallest absolute Gasteiger partial charge is 0.313 e. The van der Waals surface area contributed by atoms with Gasteiger partial charge in [-0.1, -0.05) is 32.1 Å². The van der Waals surface area contributed by atoms with Crippen molar-refractivity contribution < 1.29 is 14.7 Å². The molecule has 0 aliphatic rings. The highest BCUT2D eigenvalue weighted by Gasteiger charge is 2.11. The van der Waals surface area contributed by atoms with Gasteiger partial charge in [0, 0.05) is 6.08 Å². The van der Waals surface area contributed by atoms with Crippen LogP contribution < -0.4 is 5.32 Å². The second-order valence-electron chi connectivity index (χ2n) is 3.09. The van der Waals surface area contributed by atoms with Crippen LogP contribution in [0.25, 0.3) is 0 Å². The fraction of sp³-hybridized carbons (Fsp3) is 0.455. The van der Waals surface area contributed by atoms with E-state index in [0.29, 0.717) is 0 Å². The summed E-state index contributed by atoms with van der Waals surface area (Å²) >= 11 is 1.22. The van der Waals surface area contributed by atoms with E-state index in [-0.39, 0.29) is 17.0 Å². The molecule has 1 atom stereocenters. The van der Waals surface area contributed by atoms with Gasteiger partial charge in [-0.05, 0) is 6.42 Å². The van der Waals surface area contributed by atoms with Crippen molar-refractivity contribution in [3.63, 3.8) is 0 Å². The molecule has 0 bridgehead atoms. The SMILES string of the molecule is C=CC=CC(=O)NC(CCC)SCC(=O)O. The first kappa shape index (κ1) is 14.8. The number of nitrogens with one attached hydrogen (secondary N) is 1.